The number of hydrogen-bond acceptors (Lipinski definition) is 4. The second-order valence-corrected chi connectivity index (χ2v) is 7.14. The molecule has 0 fully saturated rings. The van der Waals surface area contributed by atoms with Gasteiger partial charge in [0.1, 0.15) is 0 Å². The summed E-state index contributed by atoms with van der Waals surface area (Å²) in [5, 5.41) is 9.89. The number of nitrogens with one attached hydrogen (secondary N) is 1. The summed E-state index contributed by atoms with van der Waals surface area (Å²) in [4.78, 5) is 2.53. The van der Waals surface area contributed by atoms with Gasteiger partial charge in [-0.2, -0.15) is 5.10 Å². The smallest absolute Gasteiger partial charge is 0.0931 e. The summed E-state index contributed by atoms with van der Waals surface area (Å²) in [5.74, 6) is 0. The van der Waals surface area contributed by atoms with Crippen LogP contribution in [0.3, 0.4) is 0 Å². The Balaban J connectivity index is 1.81. The lowest BCUT2D eigenvalue weighted by molar-refractivity contribution is 0.582. The molecule has 1 unspecified atom stereocenters. The number of hydrogen-bond donors (Lipinski definition) is 1. The number of aryl methyl sites for hydroxylation is 1. The molecule has 0 aromatic carbocycles. The third-order valence-corrected chi connectivity index (χ3v) is 5.35. The molecule has 0 aliphatic rings. The monoisotopic (exact) mass is 323 g/mol. The zero-order chi connectivity index (χ0) is 13.9. The van der Waals surface area contributed by atoms with Crippen molar-refractivity contribution >= 4 is 34.3 Å². The topological polar surface area (TPSA) is 29.9 Å². The second-order valence-electron chi connectivity index (χ2n) is 4.42. The molecule has 1 atom stereocenters. The maximum atomic E-state index is 6.07. The van der Waals surface area contributed by atoms with Crippen LogP contribution in [0.2, 0.25) is 4.34 Å². The van der Waals surface area contributed by atoms with E-state index in [0.29, 0.717) is 0 Å². The fourth-order valence-corrected chi connectivity index (χ4v) is 4.11. The Morgan fingerprint density at radius 2 is 2.20 bits per heavy atom. The first kappa shape index (κ1) is 13.8. The highest BCUT2D eigenvalue weighted by atomic mass is 35.5. The van der Waals surface area contributed by atoms with Crippen molar-refractivity contribution in [2.45, 2.75) is 12.6 Å². The first-order chi connectivity index (χ1) is 9.74. The Bertz CT molecular complexity index is 672. The van der Waals surface area contributed by atoms with Gasteiger partial charge in [0.2, 0.25) is 0 Å². The predicted molar refractivity (Wildman–Crippen MR) is 85.5 cm³/mol. The molecule has 104 valence electrons. The average Bonchev–Trinajstić information content (AvgIpc) is 3.14. The normalized spacial score (nSPS) is 12.7. The minimum Gasteiger partial charge on any atom is -0.299 e. The fourth-order valence-electron chi connectivity index (χ4n) is 2.06. The largest absolute Gasteiger partial charge is 0.299 e. The van der Waals surface area contributed by atoms with Crippen LogP contribution in [-0.2, 0) is 13.6 Å². The molecule has 20 heavy (non-hydrogen) atoms. The van der Waals surface area contributed by atoms with E-state index in [9.17, 15) is 0 Å². The Morgan fingerprint density at radius 3 is 2.80 bits per heavy atom. The van der Waals surface area contributed by atoms with Crippen molar-refractivity contribution in [3.63, 3.8) is 0 Å². The summed E-state index contributed by atoms with van der Waals surface area (Å²) in [6, 6.07) is 10.5. The van der Waals surface area contributed by atoms with Crippen LogP contribution in [0.1, 0.15) is 21.5 Å². The van der Waals surface area contributed by atoms with E-state index in [0.717, 1.165) is 16.6 Å². The molecule has 0 aliphatic heterocycles. The zero-order valence-electron chi connectivity index (χ0n) is 10.9. The van der Waals surface area contributed by atoms with Gasteiger partial charge in [-0.1, -0.05) is 17.7 Å². The lowest BCUT2D eigenvalue weighted by Crippen LogP contribution is -2.21. The van der Waals surface area contributed by atoms with Crippen molar-refractivity contribution < 1.29 is 0 Å². The van der Waals surface area contributed by atoms with Crippen LogP contribution in [0.4, 0.5) is 0 Å². The van der Waals surface area contributed by atoms with Gasteiger partial charge in [-0.05, 0) is 29.6 Å². The first-order valence-electron chi connectivity index (χ1n) is 6.23. The molecule has 3 rings (SSSR count). The minimum atomic E-state index is 0.183. The molecule has 1 N–H and O–H groups in total. The summed E-state index contributed by atoms with van der Waals surface area (Å²) in [5.41, 5.74) is 1.16. The highest BCUT2D eigenvalue weighted by molar-refractivity contribution is 7.16. The van der Waals surface area contributed by atoms with E-state index < -0.39 is 0 Å². The summed E-state index contributed by atoms with van der Waals surface area (Å²) < 4.78 is 2.71. The van der Waals surface area contributed by atoms with Gasteiger partial charge in [0.05, 0.1) is 16.1 Å². The third kappa shape index (κ3) is 2.96. The van der Waals surface area contributed by atoms with Crippen molar-refractivity contribution in [3.8, 4) is 0 Å². The Morgan fingerprint density at radius 1 is 1.30 bits per heavy atom. The molecule has 3 nitrogen and oxygen atoms in total. The van der Waals surface area contributed by atoms with E-state index in [1.54, 1.807) is 22.7 Å². The number of nitrogens with zero attached hydrogens (tertiary/aromatic N) is 2. The quantitative estimate of drug-likeness (QED) is 0.767. The van der Waals surface area contributed by atoms with Gasteiger partial charge >= 0.3 is 0 Å². The van der Waals surface area contributed by atoms with E-state index in [4.69, 9.17) is 11.6 Å². The molecule has 0 saturated heterocycles. The molecule has 3 aromatic rings. The van der Waals surface area contributed by atoms with E-state index in [-0.39, 0.29) is 6.04 Å². The lowest BCUT2D eigenvalue weighted by Gasteiger charge is -2.16. The van der Waals surface area contributed by atoms with Crippen molar-refractivity contribution in [1.82, 2.24) is 15.1 Å². The number of halogens is 1. The van der Waals surface area contributed by atoms with Gasteiger partial charge in [-0.3, -0.25) is 10.00 Å². The molecule has 0 bridgehead atoms. The summed E-state index contributed by atoms with van der Waals surface area (Å²) in [7, 11) is 1.96. The summed E-state index contributed by atoms with van der Waals surface area (Å²) in [6.45, 7) is 0.772. The second kappa shape index (κ2) is 6.10. The van der Waals surface area contributed by atoms with Crippen molar-refractivity contribution in [3.05, 3.63) is 61.7 Å². The maximum absolute atomic E-state index is 6.07. The van der Waals surface area contributed by atoms with Gasteiger partial charge in [0, 0.05) is 29.5 Å². The average molecular weight is 324 g/mol. The number of rotatable bonds is 5. The molecular weight excluding hydrogens is 310 g/mol. The highest BCUT2D eigenvalue weighted by Gasteiger charge is 2.17. The first-order valence-corrected chi connectivity index (χ1v) is 8.30. The van der Waals surface area contributed by atoms with Crippen LogP contribution in [0.25, 0.3) is 0 Å². The van der Waals surface area contributed by atoms with Gasteiger partial charge in [-0.15, -0.1) is 22.7 Å². The molecule has 3 aromatic heterocycles. The van der Waals surface area contributed by atoms with E-state index in [1.165, 1.54) is 9.75 Å². The van der Waals surface area contributed by atoms with E-state index >= 15 is 0 Å². The van der Waals surface area contributed by atoms with Crippen molar-refractivity contribution in [1.29, 1.82) is 0 Å². The molecule has 0 radical (unpaired) electrons. The van der Waals surface area contributed by atoms with Crippen LogP contribution >= 0.6 is 34.3 Å². The molecule has 0 aliphatic carbocycles. The van der Waals surface area contributed by atoms with Gasteiger partial charge in [-0.25, -0.2) is 0 Å². The Kier molecular flexibility index (Phi) is 4.21. The van der Waals surface area contributed by atoms with Crippen molar-refractivity contribution in [2.75, 3.05) is 0 Å². The zero-order valence-corrected chi connectivity index (χ0v) is 13.3. The number of aromatic nitrogens is 2. The highest BCUT2D eigenvalue weighted by Crippen LogP contribution is 2.33. The van der Waals surface area contributed by atoms with Crippen molar-refractivity contribution in [2.24, 2.45) is 7.05 Å². The standard InChI is InChI=1S/C14H14ClN3S2/c1-18-10(6-7-17-18)9-16-14(11-3-2-8-19-11)12-4-5-13(15)20-12/h2-8,14,16H,9H2,1H3. The Hall–Kier alpha value is -1.14. The molecule has 0 amide bonds. The summed E-state index contributed by atoms with van der Waals surface area (Å²) >= 11 is 9.45. The predicted octanol–water partition coefficient (Wildman–Crippen LogP) is 4.08. The molecular formula is C14H14ClN3S2. The van der Waals surface area contributed by atoms with E-state index in [2.05, 4.69) is 34.0 Å². The van der Waals surface area contributed by atoms with Gasteiger partial charge in [0.25, 0.3) is 0 Å². The molecule has 0 saturated carbocycles. The lowest BCUT2D eigenvalue weighted by atomic mass is 10.2. The Labute approximate surface area is 130 Å². The third-order valence-electron chi connectivity index (χ3n) is 3.12. The minimum absolute atomic E-state index is 0.183. The van der Waals surface area contributed by atoms with Crippen LogP contribution in [0, 0.1) is 0 Å². The van der Waals surface area contributed by atoms with Crippen LogP contribution in [-0.4, -0.2) is 9.78 Å². The SMILES string of the molecule is Cn1nccc1CNC(c1cccs1)c1ccc(Cl)s1. The maximum Gasteiger partial charge on any atom is 0.0931 e. The van der Waals surface area contributed by atoms with Crippen LogP contribution in [0.5, 0.6) is 0 Å². The van der Waals surface area contributed by atoms with Crippen LogP contribution in [0.15, 0.2) is 41.9 Å². The molecule has 3 heterocycles. The summed E-state index contributed by atoms with van der Waals surface area (Å²) in [6.07, 6.45) is 1.82. The van der Waals surface area contributed by atoms with E-state index in [1.807, 2.05) is 30.1 Å². The van der Waals surface area contributed by atoms with Crippen LogP contribution < -0.4 is 5.32 Å². The molecule has 0 spiro atoms. The fraction of sp³-hybridized carbons (Fsp3) is 0.214. The van der Waals surface area contributed by atoms with Gasteiger partial charge < -0.3 is 0 Å². The molecule has 6 heteroatoms. The van der Waals surface area contributed by atoms with Gasteiger partial charge in [0.15, 0.2) is 0 Å². The number of thiophene rings is 2.